The standard InChI is InChI=1S/C22H37N3O8.C8H9ClO.C8H10/c1-14(2)10-16(20(29)30)33-21(31)22(4,5)13-25-18(27)12-24-17(26)9-7-6-8-15(3)32-19(28)11-23;1-6-3-4-8(10-2)7(9)5-6;1-2-8-6-4-3-5-7-8/h7,9,14-16H,6,8,10-13,23H2,1-5H3,(H,24,26)(H,25,27)(H,29,30);3-5H,1-2H3;3-7H,2H2,1H3/b9-7+;;. The van der Waals surface area contributed by atoms with E-state index in [2.05, 4.69) is 41.8 Å². The summed E-state index contributed by atoms with van der Waals surface area (Å²) in [5.41, 5.74) is 6.56. The van der Waals surface area contributed by atoms with Crippen LogP contribution in [0.15, 0.2) is 60.7 Å². The maximum atomic E-state index is 12.4. The molecule has 2 aromatic carbocycles. The quantitative estimate of drug-likeness (QED) is 0.121. The summed E-state index contributed by atoms with van der Waals surface area (Å²) in [7, 11) is 1.61. The summed E-state index contributed by atoms with van der Waals surface area (Å²) in [5, 5.41) is 14.8. The van der Waals surface area contributed by atoms with Crippen molar-refractivity contribution < 1.29 is 43.3 Å². The Morgan fingerprint density at radius 1 is 1.00 bits per heavy atom. The fraction of sp³-hybridized carbons (Fsp3) is 0.500. The Labute approximate surface area is 307 Å². The van der Waals surface area contributed by atoms with Gasteiger partial charge in [-0.25, -0.2) is 4.79 Å². The molecule has 2 unspecified atom stereocenters. The van der Waals surface area contributed by atoms with Gasteiger partial charge in [0.25, 0.3) is 0 Å². The Kier molecular flexibility index (Phi) is 23.3. The van der Waals surface area contributed by atoms with Gasteiger partial charge in [0.05, 0.1) is 36.7 Å². The predicted molar refractivity (Wildman–Crippen MR) is 198 cm³/mol. The minimum Gasteiger partial charge on any atom is -0.495 e. The second-order valence-corrected chi connectivity index (χ2v) is 13.1. The molecule has 0 spiro atoms. The molecular weight excluding hydrogens is 678 g/mol. The molecule has 12 nitrogen and oxygen atoms in total. The van der Waals surface area contributed by atoms with E-state index in [1.54, 1.807) is 20.1 Å². The van der Waals surface area contributed by atoms with Crippen LogP contribution < -0.4 is 21.1 Å². The normalized spacial score (nSPS) is 11.9. The van der Waals surface area contributed by atoms with Gasteiger partial charge in [-0.05, 0) is 88.6 Å². The van der Waals surface area contributed by atoms with Gasteiger partial charge in [0.2, 0.25) is 11.8 Å². The van der Waals surface area contributed by atoms with Crippen LogP contribution in [0, 0.1) is 18.3 Å². The first kappa shape index (κ1) is 46.6. The zero-order valence-electron chi connectivity index (χ0n) is 31.1. The van der Waals surface area contributed by atoms with Crippen LogP contribution in [0.2, 0.25) is 5.02 Å². The summed E-state index contributed by atoms with van der Waals surface area (Å²) in [6.45, 7) is 12.0. The lowest BCUT2D eigenvalue weighted by atomic mass is 9.93. The number of ether oxygens (including phenoxy) is 3. The average molecular weight is 734 g/mol. The molecule has 0 heterocycles. The van der Waals surface area contributed by atoms with Gasteiger partial charge >= 0.3 is 17.9 Å². The molecule has 0 aliphatic rings. The third-order valence-corrected chi connectivity index (χ3v) is 7.28. The summed E-state index contributed by atoms with van der Waals surface area (Å²) in [4.78, 5) is 58.5. The van der Waals surface area contributed by atoms with E-state index >= 15 is 0 Å². The average Bonchev–Trinajstić information content (AvgIpc) is 3.08. The Morgan fingerprint density at radius 3 is 2.16 bits per heavy atom. The number of carbonyl (C=O) groups is 5. The second kappa shape index (κ2) is 25.5. The van der Waals surface area contributed by atoms with Crippen molar-refractivity contribution in [3.05, 3.63) is 76.8 Å². The van der Waals surface area contributed by atoms with Gasteiger partial charge < -0.3 is 35.7 Å². The number of hydrogen-bond acceptors (Lipinski definition) is 9. The Morgan fingerprint density at radius 2 is 1.65 bits per heavy atom. The number of rotatable bonds is 17. The van der Waals surface area contributed by atoms with Crippen molar-refractivity contribution in [2.75, 3.05) is 26.7 Å². The van der Waals surface area contributed by atoms with E-state index in [-0.39, 0.29) is 38.1 Å². The second-order valence-electron chi connectivity index (χ2n) is 12.7. The molecule has 51 heavy (non-hydrogen) atoms. The number of amides is 2. The molecule has 0 fully saturated rings. The highest BCUT2D eigenvalue weighted by molar-refractivity contribution is 6.32. The van der Waals surface area contributed by atoms with Crippen molar-refractivity contribution in [2.24, 2.45) is 17.1 Å². The smallest absolute Gasteiger partial charge is 0.345 e. The van der Waals surface area contributed by atoms with Crippen molar-refractivity contribution in [3.63, 3.8) is 0 Å². The van der Waals surface area contributed by atoms with E-state index in [1.807, 2.05) is 45.0 Å². The number of halogens is 1. The maximum absolute atomic E-state index is 12.4. The van der Waals surface area contributed by atoms with Crippen LogP contribution in [-0.4, -0.2) is 73.8 Å². The molecule has 2 atom stereocenters. The monoisotopic (exact) mass is 733 g/mol. The van der Waals surface area contributed by atoms with Crippen LogP contribution in [-0.2, 0) is 39.9 Å². The van der Waals surface area contributed by atoms with E-state index < -0.39 is 41.2 Å². The van der Waals surface area contributed by atoms with E-state index in [9.17, 15) is 29.1 Å². The zero-order chi connectivity index (χ0) is 39.0. The number of nitrogens with two attached hydrogens (primary N) is 1. The van der Waals surface area contributed by atoms with Crippen LogP contribution in [0.4, 0.5) is 0 Å². The molecule has 2 rings (SSSR count). The summed E-state index contributed by atoms with van der Waals surface area (Å²) >= 11 is 5.80. The minimum atomic E-state index is -1.26. The van der Waals surface area contributed by atoms with E-state index in [0.29, 0.717) is 17.9 Å². The molecule has 0 radical (unpaired) electrons. The fourth-order valence-corrected chi connectivity index (χ4v) is 4.25. The molecule has 2 aromatic rings. The largest absolute Gasteiger partial charge is 0.495 e. The van der Waals surface area contributed by atoms with Crippen LogP contribution in [0.25, 0.3) is 0 Å². The minimum absolute atomic E-state index is 0.0245. The number of methoxy groups -OCH3 is 1. The number of nitrogens with one attached hydrogen (secondary N) is 2. The lowest BCUT2D eigenvalue weighted by molar-refractivity contribution is -0.171. The molecule has 0 aliphatic carbocycles. The lowest BCUT2D eigenvalue weighted by Crippen LogP contribution is -2.45. The summed E-state index contributed by atoms with van der Waals surface area (Å²) in [5.74, 6) is -2.70. The Bertz CT molecular complexity index is 1400. The number of carboxylic acid groups (broad SMARTS) is 1. The lowest BCUT2D eigenvalue weighted by Gasteiger charge is -2.25. The Balaban J connectivity index is 0.00000110. The van der Waals surface area contributed by atoms with E-state index in [4.69, 9.17) is 31.5 Å². The van der Waals surface area contributed by atoms with Gasteiger partial charge in [0, 0.05) is 6.54 Å². The molecule has 0 saturated carbocycles. The number of benzene rings is 2. The molecule has 13 heteroatoms. The molecule has 284 valence electrons. The summed E-state index contributed by atoms with van der Waals surface area (Å²) in [6, 6.07) is 16.2. The van der Waals surface area contributed by atoms with Gasteiger partial charge in [-0.3, -0.25) is 19.2 Å². The van der Waals surface area contributed by atoms with Gasteiger partial charge in [-0.1, -0.05) is 74.8 Å². The van der Waals surface area contributed by atoms with Crippen LogP contribution in [0.1, 0.15) is 71.9 Å². The number of esters is 2. The number of allylic oxidation sites excluding steroid dienone is 1. The van der Waals surface area contributed by atoms with Crippen LogP contribution >= 0.6 is 11.6 Å². The molecule has 0 aliphatic heterocycles. The number of carboxylic acids is 1. The zero-order valence-corrected chi connectivity index (χ0v) is 31.9. The first-order valence-corrected chi connectivity index (χ1v) is 17.2. The molecule has 5 N–H and O–H groups in total. The molecule has 0 bridgehead atoms. The van der Waals surface area contributed by atoms with Gasteiger partial charge in [-0.2, -0.15) is 0 Å². The topological polar surface area (TPSA) is 183 Å². The molecule has 0 aromatic heterocycles. The first-order valence-electron chi connectivity index (χ1n) is 16.8. The third-order valence-electron chi connectivity index (χ3n) is 6.98. The SMILES string of the molecule is CC(C)CC(OC(=O)C(C)(C)CNC(=O)CNC(=O)/C=C/CCC(C)OC(=O)CN)C(=O)O.CCc1ccccc1.COc1ccc(C)cc1Cl. The highest BCUT2D eigenvalue weighted by Gasteiger charge is 2.34. The van der Waals surface area contributed by atoms with E-state index in [0.717, 1.165) is 17.7 Å². The highest BCUT2D eigenvalue weighted by atomic mass is 35.5. The van der Waals surface area contributed by atoms with E-state index in [1.165, 1.54) is 25.5 Å². The summed E-state index contributed by atoms with van der Waals surface area (Å²) in [6.07, 6.45) is 3.60. The fourth-order valence-electron chi connectivity index (χ4n) is 3.93. The molecular formula is C38H56ClN3O9. The van der Waals surface area contributed by atoms with Crippen molar-refractivity contribution in [1.29, 1.82) is 0 Å². The first-order chi connectivity index (χ1) is 23.9. The highest BCUT2D eigenvalue weighted by Crippen LogP contribution is 2.24. The number of aryl methyl sites for hydroxylation is 2. The van der Waals surface area contributed by atoms with Gasteiger partial charge in [0.15, 0.2) is 6.10 Å². The molecule has 2 amide bonds. The summed E-state index contributed by atoms with van der Waals surface area (Å²) < 4.78 is 15.1. The van der Waals surface area contributed by atoms with Crippen LogP contribution in [0.3, 0.4) is 0 Å². The number of aliphatic carboxylic acids is 1. The van der Waals surface area contributed by atoms with Gasteiger partial charge in [0.1, 0.15) is 5.75 Å². The maximum Gasteiger partial charge on any atom is 0.345 e. The third kappa shape index (κ3) is 22.1. The van der Waals surface area contributed by atoms with Crippen LogP contribution in [0.5, 0.6) is 5.75 Å². The van der Waals surface area contributed by atoms with Crippen molar-refractivity contribution >= 4 is 41.3 Å². The number of carbonyl (C=O) groups excluding carboxylic acids is 4. The van der Waals surface area contributed by atoms with Crippen molar-refractivity contribution in [1.82, 2.24) is 10.6 Å². The predicted octanol–water partition coefficient (Wildman–Crippen LogP) is 5.42. The Hall–Kier alpha value is -4.42. The van der Waals surface area contributed by atoms with Gasteiger partial charge in [-0.15, -0.1) is 0 Å². The molecule has 0 saturated heterocycles. The van der Waals surface area contributed by atoms with Crippen molar-refractivity contribution in [3.8, 4) is 5.75 Å². The van der Waals surface area contributed by atoms with Crippen molar-refractivity contribution in [2.45, 2.75) is 86.4 Å². The number of hydrogen-bond donors (Lipinski definition) is 4.